The van der Waals surface area contributed by atoms with E-state index in [2.05, 4.69) is 24.8 Å². The number of fused-ring (bicyclic) bond motifs is 3. The van der Waals surface area contributed by atoms with Crippen LogP contribution in [0.4, 0.5) is 0 Å². The highest BCUT2D eigenvalue weighted by Crippen LogP contribution is 2.67. The van der Waals surface area contributed by atoms with Gasteiger partial charge in [0.2, 0.25) is 0 Å². The van der Waals surface area contributed by atoms with Crippen molar-refractivity contribution >= 4 is 0 Å². The van der Waals surface area contributed by atoms with E-state index in [0.717, 1.165) is 34.3 Å². The van der Waals surface area contributed by atoms with Crippen molar-refractivity contribution in [1.29, 1.82) is 0 Å². The molecule has 2 heterocycles. The zero-order valence-electron chi connectivity index (χ0n) is 15.8. The van der Waals surface area contributed by atoms with Crippen molar-refractivity contribution in [3.63, 3.8) is 0 Å². The molecule has 1 saturated heterocycles. The van der Waals surface area contributed by atoms with Gasteiger partial charge in [0.15, 0.2) is 0 Å². The fraction of sp³-hybridized carbons (Fsp3) is 0.0769. The molecule has 5 rings (SSSR count). The van der Waals surface area contributed by atoms with E-state index >= 15 is 0 Å². The van der Waals surface area contributed by atoms with Crippen LogP contribution in [0.2, 0.25) is 0 Å². The Kier molecular flexibility index (Phi) is 3.85. The van der Waals surface area contributed by atoms with Crippen molar-refractivity contribution < 1.29 is 14.6 Å². The molecule has 2 atom stereocenters. The van der Waals surface area contributed by atoms with E-state index in [-0.39, 0.29) is 0 Å². The Hall–Kier alpha value is -3.72. The molecule has 3 nitrogen and oxygen atoms in total. The first-order valence-electron chi connectivity index (χ1n) is 9.53. The lowest BCUT2D eigenvalue weighted by Gasteiger charge is -2.38. The second-order valence-corrected chi connectivity index (χ2v) is 7.14. The minimum atomic E-state index is -1.13. The quantitative estimate of drug-likeness (QED) is 0.587. The van der Waals surface area contributed by atoms with Crippen LogP contribution in [0.5, 0.6) is 5.75 Å². The third-order valence-electron chi connectivity index (χ3n) is 5.72. The van der Waals surface area contributed by atoms with Crippen molar-refractivity contribution in [3.8, 4) is 5.75 Å². The highest BCUT2D eigenvalue weighted by atomic mass is 16.7. The first-order chi connectivity index (χ1) is 14.2. The summed E-state index contributed by atoms with van der Waals surface area (Å²) in [6, 6.07) is 28.2. The maximum absolute atomic E-state index is 9.36. The summed E-state index contributed by atoms with van der Waals surface area (Å²) >= 11 is 0. The van der Waals surface area contributed by atoms with Crippen LogP contribution < -0.4 is 4.74 Å². The van der Waals surface area contributed by atoms with Gasteiger partial charge in [0.05, 0.1) is 6.26 Å². The summed E-state index contributed by atoms with van der Waals surface area (Å²) in [5.41, 5.74) is 3.01. The molecule has 2 aliphatic heterocycles. The van der Waals surface area contributed by atoms with Crippen LogP contribution in [0.3, 0.4) is 0 Å². The lowest BCUT2D eigenvalue weighted by atomic mass is 9.64. The molecule has 29 heavy (non-hydrogen) atoms. The van der Waals surface area contributed by atoms with E-state index in [1.165, 1.54) is 0 Å². The Balaban J connectivity index is 1.95. The number of rotatable bonds is 3. The molecule has 0 aliphatic carbocycles. The zero-order valence-corrected chi connectivity index (χ0v) is 15.8. The van der Waals surface area contributed by atoms with Gasteiger partial charge in [-0.25, -0.2) is 0 Å². The summed E-state index contributed by atoms with van der Waals surface area (Å²) in [5.74, 6) is 0.155. The van der Waals surface area contributed by atoms with Gasteiger partial charge >= 0.3 is 0 Å². The van der Waals surface area contributed by atoms with Gasteiger partial charge in [0.25, 0.3) is 5.79 Å². The molecule has 0 radical (unpaired) electrons. The molecule has 0 bridgehead atoms. The summed E-state index contributed by atoms with van der Waals surface area (Å²) < 4.78 is 13.1. The van der Waals surface area contributed by atoms with E-state index in [1.807, 2.05) is 72.8 Å². The molecule has 2 unspecified atom stereocenters. The van der Waals surface area contributed by atoms with Crippen LogP contribution in [-0.2, 0) is 15.9 Å². The first-order valence-corrected chi connectivity index (χ1v) is 9.53. The van der Waals surface area contributed by atoms with Gasteiger partial charge in [-0.2, -0.15) is 0 Å². The first kappa shape index (κ1) is 17.4. The summed E-state index contributed by atoms with van der Waals surface area (Å²) in [7, 11) is 0. The number of hydrogen-bond donors (Lipinski definition) is 1. The molecule has 3 aromatic rings. The fourth-order valence-corrected chi connectivity index (χ4v) is 4.67. The van der Waals surface area contributed by atoms with E-state index in [9.17, 15) is 5.11 Å². The Morgan fingerprint density at radius 2 is 1.38 bits per heavy atom. The molecule has 0 amide bonds. The minimum Gasteiger partial charge on any atom is -0.516 e. The zero-order chi connectivity index (χ0) is 19.9. The number of hydrogen-bond acceptors (Lipinski definition) is 3. The molecule has 3 aromatic carbocycles. The summed E-state index contributed by atoms with van der Waals surface area (Å²) in [6.07, 6.45) is 4.46. The van der Waals surface area contributed by atoms with Crippen LogP contribution in [-0.4, -0.2) is 5.11 Å². The van der Waals surface area contributed by atoms with Gasteiger partial charge in [-0.15, -0.1) is 0 Å². The summed E-state index contributed by atoms with van der Waals surface area (Å²) in [6.45, 7) is 4.20. The molecular weight excluding hydrogens is 360 g/mol. The Labute approximate surface area is 169 Å². The molecule has 2 aliphatic rings. The number of allylic oxidation sites excluding steroid dienone is 3. The predicted molar refractivity (Wildman–Crippen MR) is 112 cm³/mol. The van der Waals surface area contributed by atoms with E-state index < -0.39 is 11.2 Å². The van der Waals surface area contributed by atoms with E-state index in [1.54, 1.807) is 6.08 Å². The largest absolute Gasteiger partial charge is 0.516 e. The second-order valence-electron chi connectivity index (χ2n) is 7.14. The summed E-state index contributed by atoms with van der Waals surface area (Å²) in [4.78, 5) is 0. The standard InChI is InChI=1S/C26H20O3/c1-19-22(16-10-18-27)25(20-11-4-2-5-12-20)23-15-8-9-17-24(23)29-26(25,28-19)21-13-6-3-7-14-21/h2-18,27H,1H2/b18-10+,22-16+. The normalized spacial score (nSPS) is 26.2. The van der Waals surface area contributed by atoms with Gasteiger partial charge in [-0.1, -0.05) is 91.5 Å². The van der Waals surface area contributed by atoms with Gasteiger partial charge < -0.3 is 14.6 Å². The average Bonchev–Trinajstić information content (AvgIpc) is 3.20. The predicted octanol–water partition coefficient (Wildman–Crippen LogP) is 5.76. The van der Waals surface area contributed by atoms with E-state index in [4.69, 9.17) is 9.47 Å². The maximum atomic E-state index is 9.36. The van der Waals surface area contributed by atoms with Crippen LogP contribution in [0.15, 0.2) is 121 Å². The lowest BCUT2D eigenvalue weighted by molar-refractivity contribution is -0.150. The molecule has 142 valence electrons. The minimum absolute atomic E-state index is 0.519. The van der Waals surface area contributed by atoms with Crippen molar-refractivity contribution in [2.24, 2.45) is 0 Å². The highest BCUT2D eigenvalue weighted by molar-refractivity contribution is 5.68. The number of aliphatic hydroxyl groups is 1. The van der Waals surface area contributed by atoms with Crippen LogP contribution >= 0.6 is 0 Å². The molecule has 0 aromatic heterocycles. The third-order valence-corrected chi connectivity index (χ3v) is 5.72. The van der Waals surface area contributed by atoms with Crippen molar-refractivity contribution in [2.45, 2.75) is 11.2 Å². The highest BCUT2D eigenvalue weighted by Gasteiger charge is 2.71. The van der Waals surface area contributed by atoms with Crippen molar-refractivity contribution in [2.75, 3.05) is 0 Å². The molecular formula is C26H20O3. The van der Waals surface area contributed by atoms with Crippen LogP contribution in [0.1, 0.15) is 16.7 Å². The topological polar surface area (TPSA) is 38.7 Å². The van der Waals surface area contributed by atoms with E-state index in [0.29, 0.717) is 5.76 Å². The Morgan fingerprint density at radius 3 is 2.07 bits per heavy atom. The maximum Gasteiger partial charge on any atom is 0.296 e. The second kappa shape index (κ2) is 6.42. The van der Waals surface area contributed by atoms with Gasteiger partial charge in [-0.3, -0.25) is 0 Å². The van der Waals surface area contributed by atoms with Gasteiger partial charge in [0, 0.05) is 16.7 Å². The average molecular weight is 380 g/mol. The Bertz CT molecular complexity index is 1130. The summed E-state index contributed by atoms with van der Waals surface area (Å²) in [5, 5.41) is 9.36. The number of ether oxygens (including phenoxy) is 2. The monoisotopic (exact) mass is 380 g/mol. The third kappa shape index (κ3) is 2.18. The van der Waals surface area contributed by atoms with Crippen molar-refractivity contribution in [1.82, 2.24) is 0 Å². The molecule has 3 heteroatoms. The number of aliphatic hydroxyl groups excluding tert-OH is 1. The molecule has 1 N–H and O–H groups in total. The molecule has 0 spiro atoms. The van der Waals surface area contributed by atoms with Crippen LogP contribution in [0.25, 0.3) is 0 Å². The lowest BCUT2D eigenvalue weighted by Crippen LogP contribution is -2.47. The fourth-order valence-electron chi connectivity index (χ4n) is 4.67. The smallest absolute Gasteiger partial charge is 0.296 e. The Morgan fingerprint density at radius 1 is 0.759 bits per heavy atom. The number of benzene rings is 3. The van der Waals surface area contributed by atoms with Gasteiger partial charge in [-0.05, 0) is 17.7 Å². The van der Waals surface area contributed by atoms with Gasteiger partial charge in [0.1, 0.15) is 16.9 Å². The SMILES string of the molecule is C=C1OC2(c3ccccc3)Oc3ccccc3C2(c2ccccc2)/C1=C/C=C/O. The van der Waals surface area contributed by atoms with Crippen LogP contribution in [0, 0.1) is 0 Å². The molecule has 1 fully saturated rings. The number of para-hydroxylation sites is 1. The van der Waals surface area contributed by atoms with Crippen molar-refractivity contribution in [3.05, 3.63) is 138 Å². The molecule has 0 saturated carbocycles.